The monoisotopic (exact) mass is 191 g/mol. The second-order valence-electron chi connectivity index (χ2n) is 1.35. The van der Waals surface area contributed by atoms with Gasteiger partial charge in [0.25, 0.3) is 0 Å². The Morgan fingerprint density at radius 3 is 3.44 bits per heavy atom. The van der Waals surface area contributed by atoms with Crippen molar-refractivity contribution in [1.29, 1.82) is 0 Å². The van der Waals surface area contributed by atoms with Crippen molar-refractivity contribution in [3.63, 3.8) is 0 Å². The Bertz CT molecular complexity index is 314. The standard InChI is InChI=1S/C6H6BrNO/c1-9-6-3-2-5(7)4-8-6/h2-4H,1H3/i1D3,4D. The zero-order chi connectivity index (χ0) is 10.1. The molecular weight excluding hydrogens is 182 g/mol. The molecule has 0 unspecified atom stereocenters. The largest absolute Gasteiger partial charge is 0.481 e. The third-order valence-corrected chi connectivity index (χ3v) is 1.19. The minimum atomic E-state index is -2.52. The molecule has 0 atom stereocenters. The summed E-state index contributed by atoms with van der Waals surface area (Å²) >= 11 is 3.06. The van der Waals surface area contributed by atoms with Gasteiger partial charge in [0.15, 0.2) is 0 Å². The van der Waals surface area contributed by atoms with E-state index < -0.39 is 7.04 Å². The highest BCUT2D eigenvalue weighted by Gasteiger charge is 1.88. The predicted octanol–water partition coefficient (Wildman–Crippen LogP) is 1.85. The van der Waals surface area contributed by atoms with Crippen LogP contribution in [-0.4, -0.2) is 12.0 Å². The van der Waals surface area contributed by atoms with Gasteiger partial charge in [-0.2, -0.15) is 0 Å². The SMILES string of the molecule is [2H]c1nc(OC([2H])([2H])[2H])ccc1Br. The summed E-state index contributed by atoms with van der Waals surface area (Å²) in [6.45, 7) is 0. The third-order valence-electron chi connectivity index (χ3n) is 0.750. The van der Waals surface area contributed by atoms with Crippen LogP contribution in [0.3, 0.4) is 0 Å². The lowest BCUT2D eigenvalue weighted by atomic mass is 10.5. The molecule has 1 aromatic rings. The van der Waals surface area contributed by atoms with Gasteiger partial charge in [-0.1, -0.05) is 0 Å². The first-order chi connectivity index (χ1) is 5.88. The van der Waals surface area contributed by atoms with E-state index >= 15 is 0 Å². The van der Waals surface area contributed by atoms with Gasteiger partial charge in [-0.25, -0.2) is 4.98 Å². The van der Waals surface area contributed by atoms with Crippen LogP contribution >= 0.6 is 15.9 Å². The van der Waals surface area contributed by atoms with Crippen LogP contribution < -0.4 is 4.74 Å². The smallest absolute Gasteiger partial charge is 0.212 e. The Morgan fingerprint density at radius 2 is 2.78 bits per heavy atom. The van der Waals surface area contributed by atoms with E-state index in [1.165, 1.54) is 12.1 Å². The number of rotatable bonds is 1. The van der Waals surface area contributed by atoms with E-state index in [2.05, 4.69) is 25.7 Å². The molecule has 0 radical (unpaired) electrons. The van der Waals surface area contributed by atoms with Crippen LogP contribution in [0.2, 0.25) is 0 Å². The third kappa shape index (κ3) is 1.68. The highest BCUT2D eigenvalue weighted by Crippen LogP contribution is 2.10. The van der Waals surface area contributed by atoms with Gasteiger partial charge in [0.2, 0.25) is 5.88 Å². The van der Waals surface area contributed by atoms with Gasteiger partial charge in [0.1, 0.15) is 0 Å². The van der Waals surface area contributed by atoms with Crippen molar-refractivity contribution in [3.8, 4) is 5.88 Å². The fraction of sp³-hybridized carbons (Fsp3) is 0.167. The molecule has 0 aliphatic rings. The molecule has 1 rings (SSSR count). The van der Waals surface area contributed by atoms with Crippen molar-refractivity contribution in [2.24, 2.45) is 0 Å². The number of methoxy groups -OCH3 is 1. The number of pyridine rings is 1. The maximum atomic E-state index is 7.25. The average Bonchev–Trinajstić information content (AvgIpc) is 1.94. The quantitative estimate of drug-likeness (QED) is 0.677. The molecular formula is C6H6BrNO. The maximum Gasteiger partial charge on any atom is 0.212 e. The second-order valence-corrected chi connectivity index (χ2v) is 2.20. The molecule has 1 heterocycles. The minimum Gasteiger partial charge on any atom is -0.481 e. The molecule has 9 heavy (non-hydrogen) atoms. The summed E-state index contributed by atoms with van der Waals surface area (Å²) in [4.78, 5) is 3.60. The van der Waals surface area contributed by atoms with Crippen LogP contribution in [0.1, 0.15) is 5.48 Å². The van der Waals surface area contributed by atoms with Crippen LogP contribution in [0.4, 0.5) is 0 Å². The molecule has 1 aromatic heterocycles. The van der Waals surface area contributed by atoms with Crippen LogP contribution in [0.25, 0.3) is 0 Å². The van der Waals surface area contributed by atoms with Crippen LogP contribution in [0.15, 0.2) is 22.8 Å². The Balaban J connectivity index is 2.86. The van der Waals surface area contributed by atoms with E-state index in [0.29, 0.717) is 4.47 Å². The van der Waals surface area contributed by atoms with Crippen molar-refractivity contribution in [2.45, 2.75) is 0 Å². The first-order valence-corrected chi connectivity index (χ1v) is 3.00. The number of ether oxygens (including phenoxy) is 1. The van der Waals surface area contributed by atoms with Gasteiger partial charge in [0, 0.05) is 16.7 Å². The minimum absolute atomic E-state index is 0.0539. The second kappa shape index (κ2) is 2.82. The summed E-state index contributed by atoms with van der Waals surface area (Å²) in [5, 5.41) is 0. The molecule has 0 fully saturated rings. The van der Waals surface area contributed by atoms with Gasteiger partial charge in [-0.3, -0.25) is 0 Å². The predicted molar refractivity (Wildman–Crippen MR) is 38.5 cm³/mol. The number of halogens is 1. The molecule has 0 aliphatic heterocycles. The summed E-state index contributed by atoms with van der Waals surface area (Å²) in [6, 6.07) is 2.89. The highest BCUT2D eigenvalue weighted by molar-refractivity contribution is 9.10. The zero-order valence-electron chi connectivity index (χ0n) is 8.39. The first kappa shape index (κ1) is 3.01. The van der Waals surface area contributed by atoms with E-state index in [9.17, 15) is 0 Å². The Kier molecular flexibility index (Phi) is 0.945. The van der Waals surface area contributed by atoms with E-state index in [-0.39, 0.29) is 12.1 Å². The fourth-order valence-corrected chi connectivity index (χ4v) is 0.605. The molecule has 0 aromatic carbocycles. The summed E-state index contributed by atoms with van der Waals surface area (Å²) in [5.74, 6) is -0.0757. The molecule has 0 saturated carbocycles. The van der Waals surface area contributed by atoms with Crippen molar-refractivity contribution < 1.29 is 10.2 Å². The fourth-order valence-electron chi connectivity index (χ4n) is 0.384. The number of hydrogen-bond donors (Lipinski definition) is 0. The lowest BCUT2D eigenvalue weighted by Gasteiger charge is -1.94. The Labute approximate surface area is 67.6 Å². The maximum absolute atomic E-state index is 7.25. The lowest BCUT2D eigenvalue weighted by molar-refractivity contribution is 0.397. The number of nitrogens with zero attached hydrogens (tertiary/aromatic N) is 1. The number of aromatic nitrogens is 1. The van der Waals surface area contributed by atoms with Crippen molar-refractivity contribution >= 4 is 15.9 Å². The summed E-state index contributed by atoms with van der Waals surface area (Å²) < 4.78 is 32.6. The van der Waals surface area contributed by atoms with Gasteiger partial charge < -0.3 is 4.74 Å². The molecule has 0 amide bonds. The summed E-state index contributed by atoms with van der Waals surface area (Å²) in [7, 11) is -2.52. The highest BCUT2D eigenvalue weighted by atomic mass is 79.9. The number of hydrogen-bond acceptors (Lipinski definition) is 2. The van der Waals surface area contributed by atoms with Gasteiger partial charge in [-0.05, 0) is 22.0 Å². The van der Waals surface area contributed by atoms with E-state index in [0.717, 1.165) is 0 Å². The first-order valence-electron chi connectivity index (χ1n) is 4.21. The Hall–Kier alpha value is -0.570. The van der Waals surface area contributed by atoms with Crippen LogP contribution in [0.5, 0.6) is 5.88 Å². The normalized spacial score (nSPS) is 17.0. The molecule has 3 heteroatoms. The van der Waals surface area contributed by atoms with E-state index in [1.807, 2.05) is 0 Å². The Morgan fingerprint density at radius 1 is 1.89 bits per heavy atom. The summed E-state index contributed by atoms with van der Waals surface area (Å²) in [6.07, 6.45) is -0.0539. The van der Waals surface area contributed by atoms with Crippen LogP contribution in [0, 0.1) is 0 Å². The molecule has 0 saturated heterocycles. The van der Waals surface area contributed by atoms with Gasteiger partial charge >= 0.3 is 0 Å². The molecule has 0 spiro atoms. The molecule has 0 bridgehead atoms. The topological polar surface area (TPSA) is 22.1 Å². The molecule has 48 valence electrons. The summed E-state index contributed by atoms with van der Waals surface area (Å²) in [5.41, 5.74) is 0. The van der Waals surface area contributed by atoms with Crippen molar-refractivity contribution in [2.75, 3.05) is 7.04 Å². The molecule has 0 N–H and O–H groups in total. The van der Waals surface area contributed by atoms with Crippen LogP contribution in [-0.2, 0) is 0 Å². The van der Waals surface area contributed by atoms with Gasteiger partial charge in [0.05, 0.1) is 12.5 Å². The van der Waals surface area contributed by atoms with E-state index in [1.54, 1.807) is 0 Å². The van der Waals surface area contributed by atoms with Gasteiger partial charge in [-0.15, -0.1) is 0 Å². The molecule has 0 aliphatic carbocycles. The van der Waals surface area contributed by atoms with Crippen molar-refractivity contribution in [1.82, 2.24) is 4.98 Å². The average molecular weight is 192 g/mol. The zero-order valence-corrected chi connectivity index (χ0v) is 5.97. The molecule has 2 nitrogen and oxygen atoms in total. The lowest BCUT2D eigenvalue weighted by Crippen LogP contribution is -1.84. The van der Waals surface area contributed by atoms with Crippen molar-refractivity contribution in [3.05, 3.63) is 22.8 Å². The van der Waals surface area contributed by atoms with E-state index in [4.69, 9.17) is 5.48 Å².